The third kappa shape index (κ3) is 5.23. The minimum Gasteiger partial charge on any atom is -0.496 e. The van der Waals surface area contributed by atoms with Crippen LogP contribution in [-0.2, 0) is 11.3 Å². The lowest BCUT2D eigenvalue weighted by molar-refractivity contribution is -0.0454. The zero-order valence-electron chi connectivity index (χ0n) is 16.0. The van der Waals surface area contributed by atoms with Gasteiger partial charge < -0.3 is 19.7 Å². The number of nitrogens with one attached hydrogen (secondary N) is 1. The van der Waals surface area contributed by atoms with Crippen molar-refractivity contribution in [2.45, 2.75) is 31.5 Å². The molecule has 2 heterocycles. The number of fused-ring (bicyclic) bond motifs is 1. The number of hydrogen-bond donors (Lipinski definition) is 1. The summed E-state index contributed by atoms with van der Waals surface area (Å²) in [4.78, 5) is 9.09. The third-order valence-electron chi connectivity index (χ3n) is 5.12. The minimum absolute atomic E-state index is 0. The number of rotatable bonds is 5. The number of aliphatic imine (C=N–C) groups is 1. The predicted octanol–water partition coefficient (Wildman–Crippen LogP) is 2.18. The van der Waals surface area contributed by atoms with Crippen molar-refractivity contribution in [3.63, 3.8) is 0 Å². The molecule has 0 radical (unpaired) electrons. The molecule has 2 atom stereocenters. The standard InChI is InChI=1S/C19H30N4O2.HI/c1-20-19(22(2)12-15-7-4-5-9-18(15)24-3)21-11-17-13-23-10-6-8-16(23)14-25-17;/h4-5,7,9,16-17H,6,8,10-14H2,1-3H3,(H,20,21);1H. The van der Waals surface area contributed by atoms with Crippen LogP contribution in [0.5, 0.6) is 5.75 Å². The molecule has 6 nitrogen and oxygen atoms in total. The number of benzene rings is 1. The largest absolute Gasteiger partial charge is 0.496 e. The normalized spacial score (nSPS) is 23.1. The summed E-state index contributed by atoms with van der Waals surface area (Å²) >= 11 is 0. The highest BCUT2D eigenvalue weighted by molar-refractivity contribution is 14.0. The summed E-state index contributed by atoms with van der Waals surface area (Å²) < 4.78 is 11.5. The quantitative estimate of drug-likeness (QED) is 0.403. The molecule has 3 rings (SSSR count). The minimum atomic E-state index is 0. The van der Waals surface area contributed by atoms with Crippen molar-refractivity contribution in [2.75, 3.05) is 47.4 Å². The highest BCUT2D eigenvalue weighted by Gasteiger charge is 2.32. The van der Waals surface area contributed by atoms with E-state index in [0.29, 0.717) is 6.04 Å². The maximum Gasteiger partial charge on any atom is 0.193 e. The van der Waals surface area contributed by atoms with Crippen LogP contribution in [0.1, 0.15) is 18.4 Å². The highest BCUT2D eigenvalue weighted by atomic mass is 127. The Labute approximate surface area is 173 Å². The van der Waals surface area contributed by atoms with E-state index in [1.807, 2.05) is 32.3 Å². The smallest absolute Gasteiger partial charge is 0.193 e. The molecular weight excluding hydrogens is 443 g/mol. The Kier molecular flexibility index (Phi) is 8.43. The molecule has 1 N–H and O–H groups in total. The molecule has 2 saturated heterocycles. The number of hydrogen-bond acceptors (Lipinski definition) is 4. The first-order chi connectivity index (χ1) is 12.2. The maximum atomic E-state index is 6.02. The van der Waals surface area contributed by atoms with Crippen molar-refractivity contribution < 1.29 is 9.47 Å². The van der Waals surface area contributed by atoms with E-state index in [0.717, 1.165) is 43.5 Å². The van der Waals surface area contributed by atoms with Crippen molar-refractivity contribution in [2.24, 2.45) is 4.99 Å². The van der Waals surface area contributed by atoms with E-state index >= 15 is 0 Å². The molecule has 1 aromatic carbocycles. The van der Waals surface area contributed by atoms with Crippen LogP contribution in [0.25, 0.3) is 0 Å². The second-order valence-electron chi connectivity index (χ2n) is 6.84. The third-order valence-corrected chi connectivity index (χ3v) is 5.12. The van der Waals surface area contributed by atoms with Crippen molar-refractivity contribution in [3.05, 3.63) is 29.8 Å². The molecule has 0 spiro atoms. The number of ether oxygens (including phenoxy) is 2. The van der Waals surface area contributed by atoms with Crippen LogP contribution in [0.4, 0.5) is 0 Å². The molecule has 2 unspecified atom stereocenters. The number of para-hydroxylation sites is 1. The molecule has 0 saturated carbocycles. The molecule has 1 aromatic rings. The first-order valence-corrected chi connectivity index (χ1v) is 9.10. The Hall–Kier alpha value is -1.06. The zero-order chi connectivity index (χ0) is 17.6. The Balaban J connectivity index is 0.00000243. The Bertz CT molecular complexity index is 599. The van der Waals surface area contributed by atoms with E-state index in [-0.39, 0.29) is 30.1 Å². The van der Waals surface area contributed by atoms with Gasteiger partial charge >= 0.3 is 0 Å². The first kappa shape index (κ1) is 21.2. The van der Waals surface area contributed by atoms with Crippen molar-refractivity contribution in [1.82, 2.24) is 15.1 Å². The monoisotopic (exact) mass is 474 g/mol. The molecule has 2 aliphatic rings. The second-order valence-corrected chi connectivity index (χ2v) is 6.84. The average molecular weight is 474 g/mol. The summed E-state index contributed by atoms with van der Waals surface area (Å²) in [7, 11) is 5.57. The van der Waals surface area contributed by atoms with Gasteiger partial charge in [-0.05, 0) is 25.5 Å². The van der Waals surface area contributed by atoms with Crippen LogP contribution in [0.15, 0.2) is 29.3 Å². The molecule has 146 valence electrons. The van der Waals surface area contributed by atoms with Crippen molar-refractivity contribution in [3.8, 4) is 5.75 Å². The fourth-order valence-electron chi connectivity index (χ4n) is 3.76. The maximum absolute atomic E-state index is 6.02. The van der Waals surface area contributed by atoms with E-state index in [9.17, 15) is 0 Å². The van der Waals surface area contributed by atoms with Gasteiger partial charge in [-0.1, -0.05) is 18.2 Å². The van der Waals surface area contributed by atoms with Gasteiger partial charge in [0.1, 0.15) is 5.75 Å². The number of guanidine groups is 1. The van der Waals surface area contributed by atoms with Crippen LogP contribution in [0, 0.1) is 0 Å². The molecule has 0 bridgehead atoms. The highest BCUT2D eigenvalue weighted by Crippen LogP contribution is 2.22. The van der Waals surface area contributed by atoms with E-state index in [4.69, 9.17) is 9.47 Å². The van der Waals surface area contributed by atoms with Gasteiger partial charge in [-0.15, -0.1) is 24.0 Å². The molecule has 26 heavy (non-hydrogen) atoms. The SMILES string of the molecule is CN=C(NCC1CN2CCCC2CO1)N(C)Cc1ccccc1OC.I. The van der Waals surface area contributed by atoms with Crippen LogP contribution >= 0.6 is 24.0 Å². The van der Waals surface area contributed by atoms with Gasteiger partial charge in [0.15, 0.2) is 5.96 Å². The molecule has 7 heteroatoms. The Morgan fingerprint density at radius 2 is 2.23 bits per heavy atom. The van der Waals surface area contributed by atoms with E-state index in [1.54, 1.807) is 7.11 Å². The lowest BCUT2D eigenvalue weighted by Crippen LogP contribution is -2.51. The van der Waals surface area contributed by atoms with E-state index < -0.39 is 0 Å². The van der Waals surface area contributed by atoms with Gasteiger partial charge in [0.25, 0.3) is 0 Å². The van der Waals surface area contributed by atoms with Crippen molar-refractivity contribution >= 4 is 29.9 Å². The number of halogens is 1. The zero-order valence-corrected chi connectivity index (χ0v) is 18.3. The number of methoxy groups -OCH3 is 1. The Morgan fingerprint density at radius 3 is 3.00 bits per heavy atom. The van der Waals surface area contributed by atoms with Gasteiger partial charge in [0.2, 0.25) is 0 Å². The Morgan fingerprint density at radius 1 is 1.42 bits per heavy atom. The number of nitrogens with zero attached hydrogens (tertiary/aromatic N) is 3. The molecule has 0 amide bonds. The fraction of sp³-hybridized carbons (Fsp3) is 0.632. The molecule has 0 aromatic heterocycles. The summed E-state index contributed by atoms with van der Waals surface area (Å²) in [5.74, 6) is 1.78. The van der Waals surface area contributed by atoms with Crippen LogP contribution in [0.3, 0.4) is 0 Å². The summed E-state index contributed by atoms with van der Waals surface area (Å²) in [6.07, 6.45) is 2.81. The van der Waals surface area contributed by atoms with E-state index in [2.05, 4.69) is 26.2 Å². The molecule has 2 fully saturated rings. The van der Waals surface area contributed by atoms with Crippen LogP contribution < -0.4 is 10.1 Å². The van der Waals surface area contributed by atoms with Gasteiger partial charge in [-0.2, -0.15) is 0 Å². The molecular formula is C19H31IN4O2. The first-order valence-electron chi connectivity index (χ1n) is 9.10. The predicted molar refractivity (Wildman–Crippen MR) is 116 cm³/mol. The number of morpholine rings is 1. The summed E-state index contributed by atoms with van der Waals surface area (Å²) in [6, 6.07) is 8.73. The summed E-state index contributed by atoms with van der Waals surface area (Å²) in [5.41, 5.74) is 1.14. The van der Waals surface area contributed by atoms with E-state index in [1.165, 1.54) is 19.4 Å². The lowest BCUT2D eigenvalue weighted by Gasteiger charge is -2.35. The van der Waals surface area contributed by atoms with Gasteiger partial charge in [-0.25, -0.2) is 0 Å². The molecule has 0 aliphatic carbocycles. The lowest BCUT2D eigenvalue weighted by atomic mass is 10.2. The fourth-order valence-corrected chi connectivity index (χ4v) is 3.76. The van der Waals surface area contributed by atoms with Crippen LogP contribution in [-0.4, -0.2) is 75.4 Å². The second kappa shape index (κ2) is 10.3. The van der Waals surface area contributed by atoms with Gasteiger partial charge in [-0.3, -0.25) is 9.89 Å². The van der Waals surface area contributed by atoms with Crippen molar-refractivity contribution in [1.29, 1.82) is 0 Å². The van der Waals surface area contributed by atoms with Gasteiger partial charge in [0, 0.05) is 45.3 Å². The van der Waals surface area contributed by atoms with Crippen LogP contribution in [0.2, 0.25) is 0 Å². The summed E-state index contributed by atoms with van der Waals surface area (Å²) in [6.45, 7) is 4.62. The summed E-state index contributed by atoms with van der Waals surface area (Å²) in [5, 5.41) is 3.46. The van der Waals surface area contributed by atoms with Gasteiger partial charge in [0.05, 0.1) is 19.8 Å². The average Bonchev–Trinajstić information content (AvgIpc) is 3.10. The molecule has 2 aliphatic heterocycles. The topological polar surface area (TPSA) is 49.3 Å².